The molecule has 0 fully saturated rings. The number of nitrogens with one attached hydrogen (secondary N) is 2. The Hall–Kier alpha value is -2.57. The summed E-state index contributed by atoms with van der Waals surface area (Å²) in [5, 5.41) is 9.16. The second kappa shape index (κ2) is 7.28. The van der Waals surface area contributed by atoms with Crippen LogP contribution in [-0.2, 0) is 6.61 Å². The number of nitrogens with zero attached hydrogens (tertiary/aromatic N) is 2. The van der Waals surface area contributed by atoms with E-state index in [1.807, 2.05) is 6.92 Å². The Kier molecular flexibility index (Phi) is 5.14. The van der Waals surface area contributed by atoms with Gasteiger partial charge in [-0.25, -0.2) is 4.79 Å². The molecule has 2 amide bonds. The van der Waals surface area contributed by atoms with Gasteiger partial charge < -0.3 is 19.9 Å². The van der Waals surface area contributed by atoms with Crippen LogP contribution >= 0.6 is 0 Å². The van der Waals surface area contributed by atoms with Crippen molar-refractivity contribution in [2.75, 3.05) is 11.9 Å². The summed E-state index contributed by atoms with van der Waals surface area (Å²) in [5.74, 6) is 1.59. The zero-order chi connectivity index (χ0) is 15.1. The third-order valence-electron chi connectivity index (χ3n) is 2.56. The number of amides is 2. The second-order valence-corrected chi connectivity index (χ2v) is 4.43. The molecule has 0 bridgehead atoms. The highest BCUT2D eigenvalue weighted by Gasteiger charge is 2.05. The molecule has 0 unspecified atom stereocenters. The summed E-state index contributed by atoms with van der Waals surface area (Å²) in [6.07, 6.45) is 0.889. The van der Waals surface area contributed by atoms with Gasteiger partial charge in [-0.3, -0.25) is 0 Å². The predicted molar refractivity (Wildman–Crippen MR) is 77.1 cm³/mol. The fourth-order valence-corrected chi connectivity index (χ4v) is 1.62. The van der Waals surface area contributed by atoms with Crippen LogP contribution in [-0.4, -0.2) is 22.7 Å². The van der Waals surface area contributed by atoms with Gasteiger partial charge >= 0.3 is 6.03 Å². The molecule has 0 saturated heterocycles. The first-order valence-corrected chi connectivity index (χ1v) is 6.74. The Morgan fingerprint density at radius 2 is 2.29 bits per heavy atom. The lowest BCUT2D eigenvalue weighted by molar-refractivity contribution is 0.242. The van der Waals surface area contributed by atoms with Crippen molar-refractivity contribution < 1.29 is 14.1 Å². The summed E-state index contributed by atoms with van der Waals surface area (Å²) in [6.45, 7) is 4.56. The van der Waals surface area contributed by atoms with E-state index in [0.717, 1.165) is 6.42 Å². The van der Waals surface area contributed by atoms with Crippen molar-refractivity contribution in [2.45, 2.75) is 26.9 Å². The maximum Gasteiger partial charge on any atom is 0.319 e. The van der Waals surface area contributed by atoms with E-state index in [2.05, 4.69) is 20.8 Å². The number of anilines is 1. The van der Waals surface area contributed by atoms with E-state index in [0.29, 0.717) is 29.7 Å². The van der Waals surface area contributed by atoms with Crippen LogP contribution in [0, 0.1) is 6.92 Å². The van der Waals surface area contributed by atoms with Crippen LogP contribution in [0.1, 0.15) is 25.1 Å². The average molecular weight is 290 g/mol. The van der Waals surface area contributed by atoms with E-state index in [1.54, 1.807) is 31.2 Å². The van der Waals surface area contributed by atoms with Crippen LogP contribution in [0.25, 0.3) is 0 Å². The number of ether oxygens (including phenoxy) is 1. The monoisotopic (exact) mass is 290 g/mol. The van der Waals surface area contributed by atoms with Crippen LogP contribution in [0.5, 0.6) is 5.75 Å². The molecule has 0 atom stereocenters. The lowest BCUT2D eigenvalue weighted by Gasteiger charge is -2.08. The fourth-order valence-electron chi connectivity index (χ4n) is 1.62. The quantitative estimate of drug-likeness (QED) is 0.853. The molecule has 2 N–H and O–H groups in total. The molecular formula is C14H18N4O3. The zero-order valence-corrected chi connectivity index (χ0v) is 12.0. The number of carbonyl (C=O) groups is 1. The summed E-state index contributed by atoms with van der Waals surface area (Å²) in [5.41, 5.74) is 0.655. The molecule has 0 aliphatic rings. The largest absolute Gasteiger partial charge is 0.484 e. The average Bonchev–Trinajstić information content (AvgIpc) is 2.89. The highest BCUT2D eigenvalue weighted by Crippen LogP contribution is 2.18. The Morgan fingerprint density at radius 3 is 3.00 bits per heavy atom. The van der Waals surface area contributed by atoms with Gasteiger partial charge in [0, 0.05) is 18.3 Å². The first-order valence-electron chi connectivity index (χ1n) is 6.74. The number of benzene rings is 1. The standard InChI is InChI=1S/C14H18N4O3/c1-3-7-15-14(19)17-11-5-4-6-12(8-11)20-9-13-16-10(2)18-21-13/h4-6,8H,3,7,9H2,1-2H3,(H2,15,17,19). The molecule has 0 aliphatic carbocycles. The van der Waals surface area contributed by atoms with Crippen molar-refractivity contribution in [3.8, 4) is 5.75 Å². The van der Waals surface area contributed by atoms with E-state index in [1.165, 1.54) is 0 Å². The van der Waals surface area contributed by atoms with Gasteiger partial charge in [0.15, 0.2) is 12.4 Å². The van der Waals surface area contributed by atoms with Crippen molar-refractivity contribution in [3.63, 3.8) is 0 Å². The van der Waals surface area contributed by atoms with Crippen molar-refractivity contribution in [3.05, 3.63) is 36.0 Å². The number of aryl methyl sites for hydroxylation is 1. The molecule has 2 aromatic rings. The minimum absolute atomic E-state index is 0.187. The molecular weight excluding hydrogens is 272 g/mol. The van der Waals surface area contributed by atoms with Crippen molar-refractivity contribution in [2.24, 2.45) is 0 Å². The number of hydrogen-bond acceptors (Lipinski definition) is 5. The molecule has 0 saturated carbocycles. The lowest BCUT2D eigenvalue weighted by Crippen LogP contribution is -2.29. The van der Waals surface area contributed by atoms with Crippen LogP contribution in [0.15, 0.2) is 28.8 Å². The Morgan fingerprint density at radius 1 is 1.43 bits per heavy atom. The first-order chi connectivity index (χ1) is 10.2. The maximum atomic E-state index is 11.6. The molecule has 1 heterocycles. The highest BCUT2D eigenvalue weighted by molar-refractivity contribution is 5.89. The molecule has 21 heavy (non-hydrogen) atoms. The fraction of sp³-hybridized carbons (Fsp3) is 0.357. The molecule has 1 aromatic carbocycles. The van der Waals surface area contributed by atoms with E-state index in [9.17, 15) is 4.79 Å². The molecule has 7 heteroatoms. The molecule has 0 spiro atoms. The van der Waals surface area contributed by atoms with E-state index in [-0.39, 0.29) is 12.6 Å². The first kappa shape index (κ1) is 14.8. The van der Waals surface area contributed by atoms with E-state index < -0.39 is 0 Å². The van der Waals surface area contributed by atoms with Crippen molar-refractivity contribution in [1.82, 2.24) is 15.5 Å². The lowest BCUT2D eigenvalue weighted by atomic mass is 10.3. The predicted octanol–water partition coefficient (Wildman–Crippen LogP) is 2.49. The third kappa shape index (κ3) is 4.79. The highest BCUT2D eigenvalue weighted by atomic mass is 16.5. The van der Waals surface area contributed by atoms with Crippen LogP contribution < -0.4 is 15.4 Å². The summed E-state index contributed by atoms with van der Waals surface area (Å²) in [6, 6.07) is 6.87. The third-order valence-corrected chi connectivity index (χ3v) is 2.56. The molecule has 1 aromatic heterocycles. The minimum atomic E-state index is -0.235. The maximum absolute atomic E-state index is 11.6. The van der Waals surface area contributed by atoms with Crippen LogP contribution in [0.4, 0.5) is 10.5 Å². The Balaban J connectivity index is 1.89. The summed E-state index contributed by atoms with van der Waals surface area (Å²) in [7, 11) is 0. The van der Waals surface area contributed by atoms with Gasteiger partial charge in [0.2, 0.25) is 0 Å². The molecule has 0 radical (unpaired) electrons. The van der Waals surface area contributed by atoms with Gasteiger partial charge in [0.05, 0.1) is 0 Å². The van der Waals surface area contributed by atoms with Gasteiger partial charge in [-0.1, -0.05) is 18.1 Å². The van der Waals surface area contributed by atoms with E-state index in [4.69, 9.17) is 9.26 Å². The summed E-state index contributed by atoms with van der Waals surface area (Å²) in [4.78, 5) is 15.6. The number of rotatable bonds is 6. The number of hydrogen-bond donors (Lipinski definition) is 2. The molecule has 2 rings (SSSR count). The van der Waals surface area contributed by atoms with Gasteiger partial charge in [0.1, 0.15) is 5.75 Å². The molecule has 7 nitrogen and oxygen atoms in total. The van der Waals surface area contributed by atoms with Crippen molar-refractivity contribution >= 4 is 11.7 Å². The number of carbonyl (C=O) groups excluding carboxylic acids is 1. The van der Waals surface area contributed by atoms with Gasteiger partial charge in [0.25, 0.3) is 5.89 Å². The number of aromatic nitrogens is 2. The second-order valence-electron chi connectivity index (χ2n) is 4.43. The minimum Gasteiger partial charge on any atom is -0.484 e. The Labute approximate surface area is 122 Å². The SMILES string of the molecule is CCCNC(=O)Nc1cccc(OCc2nc(C)no2)c1. The Bertz CT molecular complexity index is 597. The molecule has 112 valence electrons. The summed E-state index contributed by atoms with van der Waals surface area (Å²) < 4.78 is 10.5. The normalized spacial score (nSPS) is 10.2. The van der Waals surface area contributed by atoms with Crippen LogP contribution in [0.3, 0.4) is 0 Å². The van der Waals surface area contributed by atoms with Crippen LogP contribution in [0.2, 0.25) is 0 Å². The summed E-state index contributed by atoms with van der Waals surface area (Å²) >= 11 is 0. The van der Waals surface area contributed by atoms with E-state index >= 15 is 0 Å². The van der Waals surface area contributed by atoms with Gasteiger partial charge in [-0.2, -0.15) is 4.98 Å². The molecule has 0 aliphatic heterocycles. The topological polar surface area (TPSA) is 89.3 Å². The van der Waals surface area contributed by atoms with Gasteiger partial charge in [-0.05, 0) is 25.5 Å². The number of urea groups is 1. The zero-order valence-electron chi connectivity index (χ0n) is 12.0. The van der Waals surface area contributed by atoms with Gasteiger partial charge in [-0.15, -0.1) is 0 Å². The smallest absolute Gasteiger partial charge is 0.319 e. The van der Waals surface area contributed by atoms with Crippen molar-refractivity contribution in [1.29, 1.82) is 0 Å².